The normalized spacial score (nSPS) is 14.9. The first-order chi connectivity index (χ1) is 15.5. The van der Waals surface area contributed by atoms with Crippen molar-refractivity contribution in [1.29, 1.82) is 0 Å². The summed E-state index contributed by atoms with van der Waals surface area (Å²) in [4.78, 5) is 14.6. The largest absolute Gasteiger partial charge is 0.373 e. The molecule has 0 saturated carbocycles. The highest BCUT2D eigenvalue weighted by Gasteiger charge is 2.23. The minimum absolute atomic E-state index is 0.0819. The van der Waals surface area contributed by atoms with Crippen molar-refractivity contribution in [3.8, 4) is 0 Å². The van der Waals surface area contributed by atoms with Crippen LogP contribution in [0.25, 0.3) is 0 Å². The summed E-state index contributed by atoms with van der Waals surface area (Å²) in [7, 11) is -3.57. The summed E-state index contributed by atoms with van der Waals surface area (Å²) in [6.07, 6.45) is 2.15. The number of likely N-dealkylation sites (tertiary alicyclic amines) is 1. The smallest absolute Gasteiger partial charge is 0.271 e. The minimum Gasteiger partial charge on any atom is -0.373 e. The number of nitrogens with zero attached hydrogens (tertiary/aromatic N) is 1. The Kier molecular flexibility index (Phi) is 7.24. The standard InChI is InChI=1S/C24H26N2O4S2/c27-23(26-14-12-22(13-15-26)30-18-20-5-2-1-3-6-20)17-19-8-10-21(11-9-19)25-32(28,29)24-7-4-16-31-24/h1-11,16,22,25H,12-15,17-18H2. The van der Waals surface area contributed by atoms with Crippen molar-refractivity contribution in [3.63, 3.8) is 0 Å². The van der Waals surface area contributed by atoms with Crippen LogP contribution < -0.4 is 4.72 Å². The summed E-state index contributed by atoms with van der Waals surface area (Å²) in [6.45, 7) is 1.98. The van der Waals surface area contributed by atoms with E-state index in [0.29, 0.717) is 31.8 Å². The molecule has 2 heterocycles. The van der Waals surface area contributed by atoms with Gasteiger partial charge in [0.25, 0.3) is 10.0 Å². The van der Waals surface area contributed by atoms with Gasteiger partial charge < -0.3 is 9.64 Å². The number of ether oxygens (including phenoxy) is 1. The number of hydrogen-bond acceptors (Lipinski definition) is 5. The van der Waals surface area contributed by atoms with E-state index >= 15 is 0 Å². The molecule has 0 aliphatic carbocycles. The van der Waals surface area contributed by atoms with Gasteiger partial charge in [0.2, 0.25) is 5.91 Å². The molecule has 2 aromatic carbocycles. The van der Waals surface area contributed by atoms with Crippen LogP contribution in [0.4, 0.5) is 5.69 Å². The third kappa shape index (κ3) is 5.97. The number of amides is 1. The van der Waals surface area contributed by atoms with Gasteiger partial charge in [-0.25, -0.2) is 8.42 Å². The van der Waals surface area contributed by atoms with Gasteiger partial charge in [-0.3, -0.25) is 9.52 Å². The van der Waals surface area contributed by atoms with Crippen molar-refractivity contribution in [2.45, 2.75) is 36.2 Å². The number of hydrogen-bond donors (Lipinski definition) is 1. The van der Waals surface area contributed by atoms with Gasteiger partial charge in [-0.1, -0.05) is 48.5 Å². The molecule has 1 fully saturated rings. The molecule has 168 valence electrons. The van der Waals surface area contributed by atoms with Gasteiger partial charge in [0, 0.05) is 18.8 Å². The van der Waals surface area contributed by atoms with Crippen molar-refractivity contribution in [2.24, 2.45) is 0 Å². The molecule has 3 aromatic rings. The summed E-state index contributed by atoms with van der Waals surface area (Å²) in [5.74, 6) is 0.0819. The Labute approximate surface area is 192 Å². The monoisotopic (exact) mass is 470 g/mol. The summed E-state index contributed by atoms with van der Waals surface area (Å²) >= 11 is 1.17. The van der Waals surface area contributed by atoms with Gasteiger partial charge in [0.05, 0.1) is 19.1 Å². The molecule has 1 amide bonds. The molecule has 1 saturated heterocycles. The van der Waals surface area contributed by atoms with Crippen LogP contribution in [-0.2, 0) is 32.6 Å². The summed E-state index contributed by atoms with van der Waals surface area (Å²) in [5, 5.41) is 1.72. The predicted octanol–water partition coefficient (Wildman–Crippen LogP) is 4.30. The molecule has 0 bridgehead atoms. The lowest BCUT2D eigenvalue weighted by molar-refractivity contribution is -0.133. The fourth-order valence-electron chi connectivity index (χ4n) is 3.66. The average molecular weight is 471 g/mol. The van der Waals surface area contributed by atoms with E-state index in [-0.39, 0.29) is 16.2 Å². The number of nitrogens with one attached hydrogen (secondary N) is 1. The van der Waals surface area contributed by atoms with Crippen LogP contribution in [0.2, 0.25) is 0 Å². The highest BCUT2D eigenvalue weighted by atomic mass is 32.2. The van der Waals surface area contributed by atoms with Crippen molar-refractivity contribution in [1.82, 2.24) is 4.90 Å². The molecule has 8 heteroatoms. The summed E-state index contributed by atoms with van der Waals surface area (Å²) in [6, 6.07) is 20.3. The molecular formula is C24H26N2O4S2. The lowest BCUT2D eigenvalue weighted by atomic mass is 10.1. The lowest BCUT2D eigenvalue weighted by Gasteiger charge is -2.32. The van der Waals surface area contributed by atoms with E-state index in [4.69, 9.17) is 4.74 Å². The topological polar surface area (TPSA) is 75.7 Å². The Hall–Kier alpha value is -2.68. The number of thiophene rings is 1. The molecule has 4 rings (SSSR count). The number of piperidine rings is 1. The van der Waals surface area contributed by atoms with Gasteiger partial charge in [-0.2, -0.15) is 0 Å². The van der Waals surface area contributed by atoms with Gasteiger partial charge in [0.15, 0.2) is 0 Å². The van der Waals surface area contributed by atoms with E-state index in [9.17, 15) is 13.2 Å². The maximum atomic E-state index is 12.7. The van der Waals surface area contributed by atoms with Crippen molar-refractivity contribution in [2.75, 3.05) is 17.8 Å². The average Bonchev–Trinajstić information content (AvgIpc) is 3.36. The molecule has 1 aliphatic rings. The van der Waals surface area contributed by atoms with Gasteiger partial charge in [-0.05, 0) is 47.5 Å². The van der Waals surface area contributed by atoms with Crippen LogP contribution in [0, 0.1) is 0 Å². The quantitative estimate of drug-likeness (QED) is 0.533. The highest BCUT2D eigenvalue weighted by molar-refractivity contribution is 7.94. The van der Waals surface area contributed by atoms with E-state index < -0.39 is 10.0 Å². The predicted molar refractivity (Wildman–Crippen MR) is 126 cm³/mol. The van der Waals surface area contributed by atoms with Crippen LogP contribution in [-0.4, -0.2) is 38.4 Å². The van der Waals surface area contributed by atoms with Crippen LogP contribution in [0.15, 0.2) is 76.3 Å². The highest BCUT2D eigenvalue weighted by Crippen LogP contribution is 2.21. The first-order valence-corrected chi connectivity index (χ1v) is 12.9. The number of benzene rings is 2. The maximum absolute atomic E-state index is 12.7. The summed E-state index contributed by atoms with van der Waals surface area (Å²) < 4.78 is 33.5. The SMILES string of the molecule is O=C(Cc1ccc(NS(=O)(=O)c2cccs2)cc1)N1CCC(OCc2ccccc2)CC1. The van der Waals surface area contributed by atoms with E-state index in [1.807, 2.05) is 23.1 Å². The molecule has 0 spiro atoms. The zero-order valence-corrected chi connectivity index (χ0v) is 19.3. The lowest BCUT2D eigenvalue weighted by Crippen LogP contribution is -2.41. The van der Waals surface area contributed by atoms with Crippen molar-refractivity contribution >= 4 is 33.0 Å². The van der Waals surface area contributed by atoms with E-state index in [2.05, 4.69) is 16.9 Å². The number of sulfonamides is 1. The fraction of sp³-hybridized carbons (Fsp3) is 0.292. The molecular weight excluding hydrogens is 444 g/mol. The second-order valence-corrected chi connectivity index (χ2v) is 10.6. The third-order valence-corrected chi connectivity index (χ3v) is 8.22. The van der Waals surface area contributed by atoms with Crippen LogP contribution in [0.3, 0.4) is 0 Å². The van der Waals surface area contributed by atoms with Gasteiger partial charge in [0.1, 0.15) is 4.21 Å². The first-order valence-electron chi connectivity index (χ1n) is 10.6. The Bertz CT molecular complexity index is 1110. The Morgan fingerprint density at radius 2 is 1.69 bits per heavy atom. The molecule has 1 aromatic heterocycles. The summed E-state index contributed by atoms with van der Waals surface area (Å²) in [5.41, 5.74) is 2.50. The van der Waals surface area contributed by atoms with E-state index in [1.165, 1.54) is 11.3 Å². The second-order valence-electron chi connectivity index (χ2n) is 7.79. The number of carbonyl (C=O) groups is 1. The number of rotatable bonds is 8. The van der Waals surface area contributed by atoms with Crippen LogP contribution in [0.5, 0.6) is 0 Å². The fourth-order valence-corrected chi connectivity index (χ4v) is 5.71. The van der Waals surface area contributed by atoms with Crippen molar-refractivity contribution < 1.29 is 17.9 Å². The second kappa shape index (κ2) is 10.3. The maximum Gasteiger partial charge on any atom is 0.271 e. The van der Waals surface area contributed by atoms with Crippen LogP contribution >= 0.6 is 11.3 Å². The molecule has 1 aliphatic heterocycles. The Morgan fingerprint density at radius 1 is 0.969 bits per heavy atom. The molecule has 32 heavy (non-hydrogen) atoms. The third-order valence-electron chi connectivity index (χ3n) is 5.44. The van der Waals surface area contributed by atoms with Crippen LogP contribution in [0.1, 0.15) is 24.0 Å². The molecule has 0 atom stereocenters. The zero-order chi connectivity index (χ0) is 22.4. The molecule has 0 unspecified atom stereocenters. The number of anilines is 1. The molecule has 6 nitrogen and oxygen atoms in total. The first kappa shape index (κ1) is 22.5. The minimum atomic E-state index is -3.57. The molecule has 0 radical (unpaired) electrons. The zero-order valence-electron chi connectivity index (χ0n) is 17.6. The Morgan fingerprint density at radius 3 is 2.34 bits per heavy atom. The Balaban J connectivity index is 1.24. The van der Waals surface area contributed by atoms with Gasteiger partial charge in [-0.15, -0.1) is 11.3 Å². The van der Waals surface area contributed by atoms with Gasteiger partial charge >= 0.3 is 0 Å². The van der Waals surface area contributed by atoms with E-state index in [0.717, 1.165) is 24.0 Å². The number of carbonyl (C=O) groups excluding carboxylic acids is 1. The van der Waals surface area contributed by atoms with E-state index in [1.54, 1.807) is 41.8 Å². The molecule has 1 N–H and O–H groups in total. The van der Waals surface area contributed by atoms with Crippen molar-refractivity contribution in [3.05, 3.63) is 83.2 Å².